The number of carbonyl (C=O) groups is 1. The Bertz CT molecular complexity index is 821. The van der Waals surface area contributed by atoms with Crippen molar-refractivity contribution in [2.24, 2.45) is 0 Å². The fourth-order valence-corrected chi connectivity index (χ4v) is 2.47. The van der Waals surface area contributed by atoms with E-state index in [0.717, 1.165) is 24.3 Å². The van der Waals surface area contributed by atoms with Crippen molar-refractivity contribution < 1.29 is 4.79 Å². The van der Waals surface area contributed by atoms with Crippen LogP contribution in [0.15, 0.2) is 73.2 Å². The molecule has 0 saturated carbocycles. The maximum absolute atomic E-state index is 12.4. The number of rotatable bonds is 6. The van der Waals surface area contributed by atoms with Gasteiger partial charge in [-0.25, -0.2) is 0 Å². The van der Waals surface area contributed by atoms with Gasteiger partial charge in [0.2, 0.25) is 0 Å². The summed E-state index contributed by atoms with van der Waals surface area (Å²) in [4.78, 5) is 22.7. The number of aromatic nitrogens is 2. The lowest BCUT2D eigenvalue weighted by Crippen LogP contribution is -2.21. The predicted molar refractivity (Wildman–Crippen MR) is 99.8 cm³/mol. The summed E-state index contributed by atoms with van der Waals surface area (Å²) >= 11 is 0. The summed E-state index contributed by atoms with van der Waals surface area (Å²) in [5.41, 5.74) is 3.35. The molecule has 0 atom stereocenters. The van der Waals surface area contributed by atoms with Crippen LogP contribution in [0, 0.1) is 0 Å². The number of hydrogen-bond donors (Lipinski definition) is 1. The molecule has 2 aromatic heterocycles. The molecule has 126 valence electrons. The number of hydrogen-bond acceptors (Lipinski definition) is 4. The summed E-state index contributed by atoms with van der Waals surface area (Å²) in [6.07, 6.45) is 6.17. The van der Waals surface area contributed by atoms with Crippen molar-refractivity contribution in [2.45, 2.75) is 6.42 Å². The number of nitrogens with one attached hydrogen (secondary N) is 1. The van der Waals surface area contributed by atoms with Crippen molar-refractivity contribution in [3.8, 4) is 0 Å². The molecule has 0 aliphatic heterocycles. The second kappa shape index (κ2) is 8.06. The third-order valence-corrected chi connectivity index (χ3v) is 3.93. The molecule has 1 aromatic carbocycles. The first-order chi connectivity index (χ1) is 12.2. The highest BCUT2D eigenvalue weighted by atomic mass is 16.1. The molecule has 0 spiro atoms. The summed E-state index contributed by atoms with van der Waals surface area (Å²) < 4.78 is 0. The zero-order valence-corrected chi connectivity index (χ0v) is 14.1. The van der Waals surface area contributed by atoms with Crippen LogP contribution >= 0.6 is 0 Å². The van der Waals surface area contributed by atoms with Crippen LogP contribution in [-0.2, 0) is 6.42 Å². The minimum absolute atomic E-state index is 0.212. The molecular formula is C20H20N4O. The van der Waals surface area contributed by atoms with Gasteiger partial charge in [-0.15, -0.1) is 0 Å². The van der Waals surface area contributed by atoms with Crippen molar-refractivity contribution in [3.63, 3.8) is 0 Å². The first-order valence-electron chi connectivity index (χ1n) is 8.15. The van der Waals surface area contributed by atoms with Gasteiger partial charge in [-0.05, 0) is 48.4 Å². The van der Waals surface area contributed by atoms with Crippen LogP contribution in [0.2, 0.25) is 0 Å². The molecule has 25 heavy (non-hydrogen) atoms. The van der Waals surface area contributed by atoms with Gasteiger partial charge in [0.1, 0.15) is 5.69 Å². The van der Waals surface area contributed by atoms with Crippen LogP contribution in [0.1, 0.15) is 16.1 Å². The van der Waals surface area contributed by atoms with E-state index in [9.17, 15) is 4.79 Å². The molecule has 0 unspecified atom stereocenters. The van der Waals surface area contributed by atoms with Crippen molar-refractivity contribution in [1.29, 1.82) is 0 Å². The van der Waals surface area contributed by atoms with E-state index in [1.165, 1.54) is 5.56 Å². The monoisotopic (exact) mass is 332 g/mol. The summed E-state index contributed by atoms with van der Waals surface area (Å²) in [6.45, 7) is 0.841. The standard InChI is InChI=1S/C20H20N4O/c1-24(14-10-16-7-11-21-12-8-16)18-9-13-22-19(15-18)20(25)23-17-5-3-2-4-6-17/h2-9,11-13,15H,10,14H2,1H3,(H,23,25). The third kappa shape index (κ3) is 4.64. The van der Waals surface area contributed by atoms with E-state index in [0.29, 0.717) is 5.69 Å². The molecule has 3 rings (SSSR count). The number of amides is 1. The van der Waals surface area contributed by atoms with Crippen LogP contribution in [0.25, 0.3) is 0 Å². The lowest BCUT2D eigenvalue weighted by Gasteiger charge is -2.19. The summed E-state index contributed by atoms with van der Waals surface area (Å²) in [5.74, 6) is -0.212. The van der Waals surface area contributed by atoms with E-state index in [2.05, 4.69) is 20.2 Å². The van der Waals surface area contributed by atoms with Gasteiger partial charge in [-0.1, -0.05) is 18.2 Å². The molecular weight excluding hydrogens is 312 g/mol. The third-order valence-electron chi connectivity index (χ3n) is 3.93. The van der Waals surface area contributed by atoms with Crippen LogP contribution in [0.5, 0.6) is 0 Å². The largest absolute Gasteiger partial charge is 0.374 e. The zero-order valence-electron chi connectivity index (χ0n) is 14.1. The summed E-state index contributed by atoms with van der Waals surface area (Å²) in [6, 6.07) is 17.1. The second-order valence-electron chi connectivity index (χ2n) is 5.75. The molecule has 1 N–H and O–H groups in total. The van der Waals surface area contributed by atoms with Gasteiger partial charge in [-0.3, -0.25) is 14.8 Å². The van der Waals surface area contributed by atoms with Gasteiger partial charge in [0.25, 0.3) is 5.91 Å². The van der Waals surface area contributed by atoms with Crippen molar-refractivity contribution in [2.75, 3.05) is 23.8 Å². The van der Waals surface area contributed by atoms with Crippen LogP contribution < -0.4 is 10.2 Å². The van der Waals surface area contributed by atoms with Crippen LogP contribution in [-0.4, -0.2) is 29.5 Å². The average molecular weight is 332 g/mol. The summed E-state index contributed by atoms with van der Waals surface area (Å²) in [5, 5.41) is 2.86. The molecule has 5 heteroatoms. The maximum Gasteiger partial charge on any atom is 0.274 e. The lowest BCUT2D eigenvalue weighted by molar-refractivity contribution is 0.102. The SMILES string of the molecule is CN(CCc1ccncc1)c1ccnc(C(=O)Nc2ccccc2)c1. The Hall–Kier alpha value is -3.21. The highest BCUT2D eigenvalue weighted by Crippen LogP contribution is 2.15. The number of pyridine rings is 2. The normalized spacial score (nSPS) is 10.3. The van der Waals surface area contributed by atoms with Gasteiger partial charge in [0.05, 0.1) is 0 Å². The smallest absolute Gasteiger partial charge is 0.274 e. The topological polar surface area (TPSA) is 58.1 Å². The van der Waals surface area contributed by atoms with Gasteiger partial charge in [0.15, 0.2) is 0 Å². The van der Waals surface area contributed by atoms with Crippen molar-refractivity contribution in [1.82, 2.24) is 9.97 Å². The van der Waals surface area contributed by atoms with Gasteiger partial charge in [0, 0.05) is 43.6 Å². The Morgan fingerprint density at radius 1 is 1.04 bits per heavy atom. The fourth-order valence-electron chi connectivity index (χ4n) is 2.47. The number of para-hydroxylation sites is 1. The lowest BCUT2D eigenvalue weighted by atomic mass is 10.2. The van der Waals surface area contributed by atoms with E-state index in [1.54, 1.807) is 18.6 Å². The average Bonchev–Trinajstić information content (AvgIpc) is 2.68. The zero-order chi connectivity index (χ0) is 17.5. The maximum atomic E-state index is 12.4. The van der Waals surface area contributed by atoms with Gasteiger partial charge < -0.3 is 10.2 Å². The molecule has 3 aromatic rings. The van der Waals surface area contributed by atoms with E-state index in [1.807, 2.05) is 61.6 Å². The Morgan fingerprint density at radius 3 is 2.56 bits per heavy atom. The van der Waals surface area contributed by atoms with Crippen molar-refractivity contribution >= 4 is 17.3 Å². The molecule has 0 radical (unpaired) electrons. The van der Waals surface area contributed by atoms with Crippen LogP contribution in [0.3, 0.4) is 0 Å². The minimum Gasteiger partial charge on any atom is -0.374 e. The Balaban J connectivity index is 1.65. The number of benzene rings is 1. The van der Waals surface area contributed by atoms with E-state index < -0.39 is 0 Å². The fraction of sp³-hybridized carbons (Fsp3) is 0.150. The molecule has 0 aliphatic rings. The second-order valence-corrected chi connectivity index (χ2v) is 5.75. The molecule has 1 amide bonds. The Labute approximate surface area is 147 Å². The van der Waals surface area contributed by atoms with Gasteiger partial charge in [-0.2, -0.15) is 0 Å². The molecule has 5 nitrogen and oxygen atoms in total. The molecule has 0 saturated heterocycles. The van der Waals surface area contributed by atoms with Crippen LogP contribution in [0.4, 0.5) is 11.4 Å². The molecule has 0 fully saturated rings. The number of anilines is 2. The minimum atomic E-state index is -0.212. The number of nitrogens with zero attached hydrogens (tertiary/aromatic N) is 3. The molecule has 0 bridgehead atoms. The first kappa shape index (κ1) is 16.6. The Morgan fingerprint density at radius 2 is 1.80 bits per heavy atom. The van der Waals surface area contributed by atoms with Gasteiger partial charge >= 0.3 is 0 Å². The van der Waals surface area contributed by atoms with Crippen molar-refractivity contribution in [3.05, 3.63) is 84.4 Å². The van der Waals surface area contributed by atoms with E-state index >= 15 is 0 Å². The summed E-state index contributed by atoms with van der Waals surface area (Å²) in [7, 11) is 2.01. The number of carbonyl (C=O) groups excluding carboxylic acids is 1. The Kier molecular flexibility index (Phi) is 5.36. The molecule has 2 heterocycles. The highest BCUT2D eigenvalue weighted by molar-refractivity contribution is 6.03. The first-order valence-corrected chi connectivity index (χ1v) is 8.15. The highest BCUT2D eigenvalue weighted by Gasteiger charge is 2.10. The number of likely N-dealkylation sites (N-methyl/N-ethyl adjacent to an activating group) is 1. The van der Waals surface area contributed by atoms with E-state index in [4.69, 9.17) is 0 Å². The quantitative estimate of drug-likeness (QED) is 0.751. The van der Waals surface area contributed by atoms with E-state index in [-0.39, 0.29) is 5.91 Å². The molecule has 0 aliphatic carbocycles. The predicted octanol–water partition coefficient (Wildman–Crippen LogP) is 3.41.